The monoisotopic (exact) mass is 386 g/mol. The second kappa shape index (κ2) is 7.55. The molecule has 8 nitrogen and oxygen atoms in total. The van der Waals surface area contributed by atoms with E-state index in [1.165, 1.54) is 6.07 Å². The average Bonchev–Trinajstić information content (AvgIpc) is 2.64. The average molecular weight is 387 g/mol. The van der Waals surface area contributed by atoms with Crippen LogP contribution in [0.25, 0.3) is 10.9 Å². The summed E-state index contributed by atoms with van der Waals surface area (Å²) in [6, 6.07) is 9.28. The maximum absolute atomic E-state index is 12.8. The number of aryl methyl sites for hydroxylation is 1. The second-order valence-electron chi connectivity index (χ2n) is 5.78. The van der Waals surface area contributed by atoms with Crippen molar-refractivity contribution in [2.75, 3.05) is 0 Å². The van der Waals surface area contributed by atoms with E-state index in [9.17, 15) is 20.0 Å². The van der Waals surface area contributed by atoms with Crippen molar-refractivity contribution in [1.82, 2.24) is 9.66 Å². The Morgan fingerprint density at radius 2 is 2.11 bits per heavy atom. The molecule has 1 N–H and O–H groups in total. The SMILES string of the molecule is CCCc1nc2ccccc2c(=O)n1/N=C\c1cc(Cl)cc([N+](=O)[O-])c1O. The third kappa shape index (κ3) is 3.65. The molecule has 0 spiro atoms. The summed E-state index contributed by atoms with van der Waals surface area (Å²) in [5.41, 5.74) is -0.312. The maximum atomic E-state index is 12.8. The molecule has 2 aromatic carbocycles. The molecule has 9 heteroatoms. The van der Waals surface area contributed by atoms with Crippen molar-refractivity contribution in [2.24, 2.45) is 5.10 Å². The van der Waals surface area contributed by atoms with Gasteiger partial charge in [0.2, 0.25) is 5.75 Å². The van der Waals surface area contributed by atoms with Crippen LogP contribution in [0.2, 0.25) is 5.02 Å². The highest BCUT2D eigenvalue weighted by atomic mass is 35.5. The Balaban J connectivity index is 2.17. The van der Waals surface area contributed by atoms with Gasteiger partial charge >= 0.3 is 5.69 Å². The van der Waals surface area contributed by atoms with E-state index in [2.05, 4.69) is 10.1 Å². The third-order valence-corrected chi connectivity index (χ3v) is 4.11. The van der Waals surface area contributed by atoms with Gasteiger partial charge in [-0.2, -0.15) is 9.78 Å². The smallest absolute Gasteiger partial charge is 0.312 e. The number of phenols is 1. The molecule has 0 aliphatic carbocycles. The van der Waals surface area contributed by atoms with Gasteiger partial charge in [0, 0.05) is 23.1 Å². The molecule has 0 amide bonds. The molecule has 27 heavy (non-hydrogen) atoms. The fourth-order valence-corrected chi connectivity index (χ4v) is 2.86. The number of fused-ring (bicyclic) bond motifs is 1. The Kier molecular flexibility index (Phi) is 5.18. The fraction of sp³-hybridized carbons (Fsp3) is 0.167. The van der Waals surface area contributed by atoms with Gasteiger partial charge in [-0.3, -0.25) is 14.9 Å². The van der Waals surface area contributed by atoms with Crippen molar-refractivity contribution in [1.29, 1.82) is 0 Å². The van der Waals surface area contributed by atoms with E-state index in [4.69, 9.17) is 11.6 Å². The van der Waals surface area contributed by atoms with E-state index in [1.54, 1.807) is 24.3 Å². The molecule has 138 valence electrons. The molecule has 0 aliphatic heterocycles. The topological polar surface area (TPSA) is 111 Å². The summed E-state index contributed by atoms with van der Waals surface area (Å²) in [6.07, 6.45) is 2.42. The van der Waals surface area contributed by atoms with Crippen LogP contribution in [-0.2, 0) is 6.42 Å². The molecule has 0 radical (unpaired) electrons. The number of hydrogen-bond acceptors (Lipinski definition) is 6. The molecular formula is C18H15ClN4O4. The normalized spacial score (nSPS) is 11.3. The summed E-state index contributed by atoms with van der Waals surface area (Å²) in [5.74, 6) is -0.125. The standard InChI is InChI=1S/C18H15ClN4O4/c1-2-5-16-21-14-7-4-3-6-13(14)18(25)22(16)20-10-11-8-12(19)9-15(17(11)24)23(26)27/h3-4,6-10,24H,2,5H2,1H3/b20-10-. The molecule has 0 aliphatic rings. The van der Waals surface area contributed by atoms with Crippen molar-refractivity contribution in [3.05, 3.63) is 73.3 Å². The van der Waals surface area contributed by atoms with Crippen LogP contribution in [0.3, 0.4) is 0 Å². The van der Waals surface area contributed by atoms with Crippen LogP contribution in [-0.4, -0.2) is 25.9 Å². The number of hydrogen-bond donors (Lipinski definition) is 1. The number of phenolic OH excluding ortho intramolecular Hbond substituents is 1. The first-order valence-corrected chi connectivity index (χ1v) is 8.52. The largest absolute Gasteiger partial charge is 0.502 e. The van der Waals surface area contributed by atoms with Crippen LogP contribution in [0.5, 0.6) is 5.75 Å². The molecular weight excluding hydrogens is 372 g/mol. The number of aromatic hydroxyl groups is 1. The van der Waals surface area contributed by atoms with E-state index < -0.39 is 16.4 Å². The predicted octanol–water partition coefficient (Wildman–Crippen LogP) is 3.50. The lowest BCUT2D eigenvalue weighted by Gasteiger charge is -2.08. The highest BCUT2D eigenvalue weighted by Gasteiger charge is 2.18. The Bertz CT molecular complexity index is 1120. The van der Waals surface area contributed by atoms with Crippen LogP contribution in [0.4, 0.5) is 5.69 Å². The summed E-state index contributed by atoms with van der Waals surface area (Å²) in [6.45, 7) is 1.95. The van der Waals surface area contributed by atoms with Gasteiger partial charge in [0.15, 0.2) is 0 Å². The van der Waals surface area contributed by atoms with Gasteiger partial charge in [0.1, 0.15) is 5.82 Å². The molecule has 0 saturated heterocycles. The maximum Gasteiger partial charge on any atom is 0.312 e. The van der Waals surface area contributed by atoms with Crippen molar-refractivity contribution in [3.8, 4) is 5.75 Å². The number of para-hydroxylation sites is 1. The number of rotatable bonds is 5. The third-order valence-electron chi connectivity index (χ3n) is 3.89. The minimum atomic E-state index is -0.745. The van der Waals surface area contributed by atoms with Gasteiger partial charge in [0.25, 0.3) is 5.56 Å². The number of nitro groups is 1. The molecule has 0 atom stereocenters. The van der Waals surface area contributed by atoms with Crippen molar-refractivity contribution in [3.63, 3.8) is 0 Å². The molecule has 0 unspecified atom stereocenters. The minimum absolute atomic E-state index is 0.0247. The Morgan fingerprint density at radius 3 is 2.81 bits per heavy atom. The highest BCUT2D eigenvalue weighted by molar-refractivity contribution is 6.31. The van der Waals surface area contributed by atoms with Crippen LogP contribution in [0, 0.1) is 10.1 Å². The zero-order valence-electron chi connectivity index (χ0n) is 14.3. The molecule has 0 saturated carbocycles. The predicted molar refractivity (Wildman–Crippen MR) is 103 cm³/mol. The number of nitro benzene ring substituents is 1. The lowest BCUT2D eigenvalue weighted by Crippen LogP contribution is -2.22. The molecule has 0 fully saturated rings. The molecule has 3 aromatic rings. The first-order valence-electron chi connectivity index (χ1n) is 8.14. The van der Waals surface area contributed by atoms with Crippen LogP contribution >= 0.6 is 11.6 Å². The van der Waals surface area contributed by atoms with Gasteiger partial charge in [0.05, 0.1) is 22.0 Å². The molecule has 0 bridgehead atoms. The first kappa shape index (κ1) is 18.5. The minimum Gasteiger partial charge on any atom is -0.502 e. The van der Waals surface area contributed by atoms with Crippen molar-refractivity contribution < 1.29 is 10.0 Å². The van der Waals surface area contributed by atoms with Crippen molar-refractivity contribution >= 4 is 34.4 Å². The molecule has 3 rings (SSSR count). The van der Waals surface area contributed by atoms with Crippen molar-refractivity contribution in [2.45, 2.75) is 19.8 Å². The van der Waals surface area contributed by atoms with Crippen LogP contribution in [0.1, 0.15) is 24.7 Å². The van der Waals surface area contributed by atoms with Gasteiger partial charge in [-0.15, -0.1) is 0 Å². The lowest BCUT2D eigenvalue weighted by atomic mass is 10.2. The summed E-state index contributed by atoms with van der Waals surface area (Å²) >= 11 is 5.88. The highest BCUT2D eigenvalue weighted by Crippen LogP contribution is 2.32. The van der Waals surface area contributed by atoms with Crippen LogP contribution < -0.4 is 5.56 Å². The van der Waals surface area contributed by atoms with E-state index in [-0.39, 0.29) is 16.1 Å². The summed E-state index contributed by atoms with van der Waals surface area (Å²) in [4.78, 5) is 27.5. The second-order valence-corrected chi connectivity index (χ2v) is 6.21. The number of benzene rings is 2. The zero-order valence-corrected chi connectivity index (χ0v) is 15.1. The summed E-state index contributed by atoms with van der Waals surface area (Å²) < 4.78 is 1.14. The first-order chi connectivity index (χ1) is 12.9. The number of nitrogens with zero attached hydrogens (tertiary/aromatic N) is 4. The van der Waals surface area contributed by atoms with E-state index in [0.717, 1.165) is 23.4 Å². The van der Waals surface area contributed by atoms with Gasteiger partial charge in [-0.1, -0.05) is 30.7 Å². The fourth-order valence-electron chi connectivity index (χ4n) is 2.64. The Hall–Kier alpha value is -3.26. The summed E-state index contributed by atoms with van der Waals surface area (Å²) in [7, 11) is 0. The summed E-state index contributed by atoms with van der Waals surface area (Å²) in [5, 5.41) is 25.7. The van der Waals surface area contributed by atoms with E-state index >= 15 is 0 Å². The molecule has 1 aromatic heterocycles. The Labute approximate surface area is 158 Å². The van der Waals surface area contributed by atoms with E-state index in [1.807, 2.05) is 6.92 Å². The quantitative estimate of drug-likeness (QED) is 0.410. The van der Waals surface area contributed by atoms with Crippen LogP contribution in [0.15, 0.2) is 46.3 Å². The zero-order chi connectivity index (χ0) is 19.6. The Morgan fingerprint density at radius 1 is 1.37 bits per heavy atom. The van der Waals surface area contributed by atoms with Gasteiger partial charge in [-0.05, 0) is 24.6 Å². The van der Waals surface area contributed by atoms with Gasteiger partial charge < -0.3 is 5.11 Å². The van der Waals surface area contributed by atoms with Gasteiger partial charge in [-0.25, -0.2) is 4.98 Å². The number of halogens is 1. The lowest BCUT2D eigenvalue weighted by molar-refractivity contribution is -0.385. The van der Waals surface area contributed by atoms with E-state index in [0.29, 0.717) is 23.1 Å². The number of aromatic nitrogens is 2. The molecule has 1 heterocycles.